The van der Waals surface area contributed by atoms with E-state index in [1.807, 2.05) is 0 Å². The molecule has 1 aromatic carbocycles. The van der Waals surface area contributed by atoms with Gasteiger partial charge >= 0.3 is 0 Å². The first-order chi connectivity index (χ1) is 9.54. The van der Waals surface area contributed by atoms with Crippen LogP contribution in [0.2, 0.25) is 0 Å². The monoisotopic (exact) mass is 282 g/mol. The van der Waals surface area contributed by atoms with Gasteiger partial charge in [0.05, 0.1) is 0 Å². The molecule has 0 bridgehead atoms. The second-order valence-corrected chi connectivity index (χ2v) is 5.77. The van der Waals surface area contributed by atoms with Gasteiger partial charge in [-0.15, -0.1) is 0 Å². The zero-order valence-corrected chi connectivity index (χ0v) is 12.5. The predicted molar refractivity (Wildman–Crippen MR) is 77.6 cm³/mol. The fraction of sp³-hybridized carbons (Fsp3) is 0.625. The summed E-state index contributed by atoms with van der Waals surface area (Å²) >= 11 is 0. The maximum Gasteiger partial charge on any atom is 0.163 e. The van der Waals surface area contributed by atoms with Crippen LogP contribution in [0.5, 0.6) is 0 Å². The van der Waals surface area contributed by atoms with Crippen molar-refractivity contribution in [3.8, 4) is 0 Å². The molecule has 0 radical (unpaired) electrons. The van der Waals surface area contributed by atoms with Gasteiger partial charge in [-0.25, -0.2) is 8.78 Å². The zero-order chi connectivity index (χ0) is 14.7. The summed E-state index contributed by atoms with van der Waals surface area (Å²) in [6.07, 6.45) is 1.88. The second-order valence-electron chi connectivity index (χ2n) is 5.77. The van der Waals surface area contributed by atoms with Gasteiger partial charge in [0, 0.05) is 30.2 Å². The first-order valence-electron chi connectivity index (χ1n) is 7.47. The molecule has 1 N–H and O–H groups in total. The van der Waals surface area contributed by atoms with E-state index in [1.54, 1.807) is 12.1 Å². The van der Waals surface area contributed by atoms with Crippen LogP contribution in [0.25, 0.3) is 0 Å². The average molecular weight is 282 g/mol. The number of piperidine rings is 1. The molecule has 0 aromatic heterocycles. The van der Waals surface area contributed by atoms with Crippen LogP contribution in [0.15, 0.2) is 18.2 Å². The van der Waals surface area contributed by atoms with E-state index in [-0.39, 0.29) is 6.04 Å². The van der Waals surface area contributed by atoms with Gasteiger partial charge in [0.15, 0.2) is 11.6 Å². The first kappa shape index (κ1) is 15.4. The molecule has 1 aliphatic rings. The minimum absolute atomic E-state index is 0.0523. The summed E-state index contributed by atoms with van der Waals surface area (Å²) in [6, 6.07) is 5.15. The van der Waals surface area contributed by atoms with Gasteiger partial charge in [0.25, 0.3) is 0 Å². The number of benzene rings is 1. The van der Waals surface area contributed by atoms with Gasteiger partial charge in [-0.2, -0.15) is 0 Å². The lowest BCUT2D eigenvalue weighted by Crippen LogP contribution is -2.47. The van der Waals surface area contributed by atoms with Crippen molar-refractivity contribution in [1.82, 2.24) is 10.2 Å². The summed E-state index contributed by atoms with van der Waals surface area (Å²) in [4.78, 5) is 2.27. The third-order valence-corrected chi connectivity index (χ3v) is 4.14. The molecule has 1 fully saturated rings. The highest BCUT2D eigenvalue weighted by Gasteiger charge is 2.32. The summed E-state index contributed by atoms with van der Waals surface area (Å²) < 4.78 is 27.6. The van der Waals surface area contributed by atoms with E-state index < -0.39 is 11.6 Å². The Morgan fingerprint density at radius 2 is 2.10 bits per heavy atom. The SMILES string of the molecule is CCNC1CCN(C(C)C)C(c2cccc(F)c2F)C1. The quantitative estimate of drug-likeness (QED) is 0.909. The van der Waals surface area contributed by atoms with Crippen molar-refractivity contribution in [2.45, 2.75) is 51.7 Å². The van der Waals surface area contributed by atoms with Crippen LogP contribution >= 0.6 is 0 Å². The van der Waals surface area contributed by atoms with Crippen LogP contribution in [0.1, 0.15) is 45.2 Å². The van der Waals surface area contributed by atoms with Gasteiger partial charge in [-0.05, 0) is 39.3 Å². The van der Waals surface area contributed by atoms with E-state index in [2.05, 4.69) is 31.0 Å². The molecule has 4 heteroatoms. The van der Waals surface area contributed by atoms with Crippen molar-refractivity contribution >= 4 is 0 Å². The minimum atomic E-state index is -0.753. The fourth-order valence-electron chi connectivity index (χ4n) is 3.16. The predicted octanol–water partition coefficient (Wildman–Crippen LogP) is 3.49. The van der Waals surface area contributed by atoms with E-state index in [4.69, 9.17) is 0 Å². The number of nitrogens with zero attached hydrogens (tertiary/aromatic N) is 1. The van der Waals surface area contributed by atoms with Gasteiger partial charge in [-0.3, -0.25) is 4.90 Å². The molecule has 1 aromatic rings. The Bertz CT molecular complexity index is 448. The summed E-state index contributed by atoms with van der Waals surface area (Å²) in [5.41, 5.74) is 0.487. The van der Waals surface area contributed by atoms with Crippen LogP contribution < -0.4 is 5.32 Å². The third kappa shape index (κ3) is 3.18. The molecule has 2 rings (SSSR count). The molecule has 1 saturated heterocycles. The molecule has 0 saturated carbocycles. The highest BCUT2D eigenvalue weighted by atomic mass is 19.2. The molecular formula is C16H24F2N2. The molecule has 1 aliphatic heterocycles. The van der Waals surface area contributed by atoms with Gasteiger partial charge in [0.2, 0.25) is 0 Å². The number of likely N-dealkylation sites (tertiary alicyclic amines) is 1. The van der Waals surface area contributed by atoms with E-state index in [0.29, 0.717) is 17.6 Å². The normalized spacial score (nSPS) is 24.3. The van der Waals surface area contributed by atoms with Crippen molar-refractivity contribution < 1.29 is 8.78 Å². The number of halogens is 2. The summed E-state index contributed by atoms with van der Waals surface area (Å²) in [5, 5.41) is 3.43. The molecular weight excluding hydrogens is 258 g/mol. The Hall–Kier alpha value is -1.00. The average Bonchev–Trinajstić information content (AvgIpc) is 2.42. The van der Waals surface area contributed by atoms with Crippen molar-refractivity contribution in [1.29, 1.82) is 0 Å². The minimum Gasteiger partial charge on any atom is -0.314 e. The highest BCUT2D eigenvalue weighted by molar-refractivity contribution is 5.23. The number of hydrogen-bond donors (Lipinski definition) is 1. The van der Waals surface area contributed by atoms with Crippen molar-refractivity contribution in [2.75, 3.05) is 13.1 Å². The number of hydrogen-bond acceptors (Lipinski definition) is 2. The molecule has 2 atom stereocenters. The van der Waals surface area contributed by atoms with E-state index in [1.165, 1.54) is 6.07 Å². The fourth-order valence-corrected chi connectivity index (χ4v) is 3.16. The van der Waals surface area contributed by atoms with Crippen molar-refractivity contribution in [2.24, 2.45) is 0 Å². The molecule has 112 valence electrons. The molecule has 0 amide bonds. The van der Waals surface area contributed by atoms with E-state index in [0.717, 1.165) is 25.9 Å². The Morgan fingerprint density at radius 1 is 1.35 bits per heavy atom. The molecule has 20 heavy (non-hydrogen) atoms. The summed E-state index contributed by atoms with van der Waals surface area (Å²) in [5.74, 6) is -1.45. The lowest BCUT2D eigenvalue weighted by atomic mass is 9.90. The van der Waals surface area contributed by atoms with Crippen LogP contribution in [0.4, 0.5) is 8.78 Å². The molecule has 2 unspecified atom stereocenters. The second kappa shape index (κ2) is 6.64. The molecule has 0 spiro atoms. The maximum atomic E-state index is 14.1. The summed E-state index contributed by atoms with van der Waals surface area (Å²) in [7, 11) is 0. The molecule has 2 nitrogen and oxygen atoms in total. The largest absolute Gasteiger partial charge is 0.314 e. The van der Waals surface area contributed by atoms with Crippen molar-refractivity contribution in [3.63, 3.8) is 0 Å². The highest BCUT2D eigenvalue weighted by Crippen LogP contribution is 2.34. The van der Waals surface area contributed by atoms with Gasteiger partial charge in [-0.1, -0.05) is 19.1 Å². The van der Waals surface area contributed by atoms with Gasteiger partial charge < -0.3 is 5.32 Å². The Morgan fingerprint density at radius 3 is 2.75 bits per heavy atom. The van der Waals surface area contributed by atoms with Gasteiger partial charge in [0.1, 0.15) is 0 Å². The molecule has 0 aliphatic carbocycles. The van der Waals surface area contributed by atoms with E-state index >= 15 is 0 Å². The lowest BCUT2D eigenvalue weighted by molar-refractivity contribution is 0.0902. The summed E-state index contributed by atoms with van der Waals surface area (Å²) in [6.45, 7) is 8.11. The molecule has 1 heterocycles. The Labute approximate surface area is 120 Å². The Kier molecular flexibility index (Phi) is 5.11. The van der Waals surface area contributed by atoms with Crippen LogP contribution in [-0.4, -0.2) is 30.1 Å². The maximum absolute atomic E-state index is 14.1. The lowest BCUT2D eigenvalue weighted by Gasteiger charge is -2.42. The van der Waals surface area contributed by atoms with Crippen LogP contribution in [0.3, 0.4) is 0 Å². The topological polar surface area (TPSA) is 15.3 Å². The Balaban J connectivity index is 2.29. The first-order valence-corrected chi connectivity index (χ1v) is 7.47. The van der Waals surface area contributed by atoms with Crippen LogP contribution in [0, 0.1) is 11.6 Å². The van der Waals surface area contributed by atoms with Crippen LogP contribution in [-0.2, 0) is 0 Å². The number of rotatable bonds is 4. The standard InChI is InChI=1S/C16H24F2N2/c1-4-19-12-8-9-20(11(2)3)15(10-12)13-6-5-7-14(17)16(13)18/h5-7,11-12,15,19H,4,8-10H2,1-3H3. The smallest absolute Gasteiger partial charge is 0.163 e. The third-order valence-electron chi connectivity index (χ3n) is 4.14. The van der Waals surface area contributed by atoms with E-state index in [9.17, 15) is 8.78 Å². The number of nitrogens with one attached hydrogen (secondary N) is 1. The zero-order valence-electron chi connectivity index (χ0n) is 12.5. The van der Waals surface area contributed by atoms with Crippen molar-refractivity contribution in [3.05, 3.63) is 35.4 Å².